The lowest BCUT2D eigenvalue weighted by atomic mass is 10.1. The standard InChI is InChI=1S/C15H18N2OS/c18-14(10-9-13-7-3-1-4-8-13)16-15(19)17-11-5-2-6-12-17/h1,3-4,7-10H,2,5-6,11-12H2,(H,16,18,19). The summed E-state index contributed by atoms with van der Waals surface area (Å²) in [7, 11) is 0. The van der Waals surface area contributed by atoms with Crippen LogP contribution >= 0.6 is 12.2 Å². The normalized spacial score (nSPS) is 15.5. The molecule has 0 unspecified atom stereocenters. The van der Waals surface area contributed by atoms with Gasteiger partial charge in [0.1, 0.15) is 0 Å². The summed E-state index contributed by atoms with van der Waals surface area (Å²) < 4.78 is 0. The van der Waals surface area contributed by atoms with Crippen LogP contribution in [-0.4, -0.2) is 29.0 Å². The second kappa shape index (κ2) is 7.04. The average molecular weight is 274 g/mol. The molecule has 4 heteroatoms. The summed E-state index contributed by atoms with van der Waals surface area (Å²) in [4.78, 5) is 13.8. The van der Waals surface area contributed by atoms with Crippen LogP contribution in [0.25, 0.3) is 6.08 Å². The summed E-state index contributed by atoms with van der Waals surface area (Å²) in [5.41, 5.74) is 1.00. The molecule has 1 fully saturated rings. The smallest absolute Gasteiger partial charge is 0.250 e. The molecule has 0 aromatic heterocycles. The quantitative estimate of drug-likeness (QED) is 0.664. The van der Waals surface area contributed by atoms with E-state index in [4.69, 9.17) is 12.2 Å². The molecule has 1 heterocycles. The van der Waals surface area contributed by atoms with E-state index in [0.29, 0.717) is 5.11 Å². The Morgan fingerprint density at radius 2 is 1.84 bits per heavy atom. The van der Waals surface area contributed by atoms with Crippen molar-refractivity contribution in [2.75, 3.05) is 13.1 Å². The van der Waals surface area contributed by atoms with E-state index in [2.05, 4.69) is 10.2 Å². The third-order valence-electron chi connectivity index (χ3n) is 3.10. The van der Waals surface area contributed by atoms with E-state index in [1.54, 1.807) is 6.08 Å². The van der Waals surface area contributed by atoms with Crippen molar-refractivity contribution in [2.45, 2.75) is 19.3 Å². The van der Waals surface area contributed by atoms with E-state index in [-0.39, 0.29) is 5.91 Å². The van der Waals surface area contributed by atoms with Crippen molar-refractivity contribution in [1.29, 1.82) is 0 Å². The van der Waals surface area contributed by atoms with Gasteiger partial charge in [0.05, 0.1) is 0 Å². The van der Waals surface area contributed by atoms with E-state index < -0.39 is 0 Å². The molecule has 1 amide bonds. The number of piperidine rings is 1. The maximum atomic E-state index is 11.8. The third kappa shape index (κ3) is 4.48. The Kier molecular flexibility index (Phi) is 5.10. The maximum absolute atomic E-state index is 11.8. The summed E-state index contributed by atoms with van der Waals surface area (Å²) in [6.45, 7) is 1.89. The minimum atomic E-state index is -0.167. The van der Waals surface area contributed by atoms with Crippen molar-refractivity contribution in [2.24, 2.45) is 0 Å². The van der Waals surface area contributed by atoms with Gasteiger partial charge in [-0.05, 0) is 43.1 Å². The number of nitrogens with zero attached hydrogens (tertiary/aromatic N) is 1. The molecule has 0 atom stereocenters. The first kappa shape index (κ1) is 13.7. The number of nitrogens with one attached hydrogen (secondary N) is 1. The molecule has 1 N–H and O–H groups in total. The van der Waals surface area contributed by atoms with Gasteiger partial charge in [0, 0.05) is 19.2 Å². The molecule has 1 aromatic rings. The molecule has 1 aliphatic rings. The minimum absolute atomic E-state index is 0.167. The third-order valence-corrected chi connectivity index (χ3v) is 3.46. The molecule has 0 aliphatic carbocycles. The van der Waals surface area contributed by atoms with E-state index in [0.717, 1.165) is 31.5 Å². The fourth-order valence-corrected chi connectivity index (χ4v) is 2.34. The van der Waals surface area contributed by atoms with E-state index >= 15 is 0 Å². The minimum Gasteiger partial charge on any atom is -0.349 e. The number of benzene rings is 1. The van der Waals surface area contributed by atoms with Crippen LogP contribution in [0.1, 0.15) is 24.8 Å². The fourth-order valence-electron chi connectivity index (χ4n) is 2.06. The Balaban J connectivity index is 1.83. The van der Waals surface area contributed by atoms with Crippen LogP contribution in [0.15, 0.2) is 36.4 Å². The van der Waals surface area contributed by atoms with Gasteiger partial charge in [-0.2, -0.15) is 0 Å². The Bertz CT molecular complexity index is 464. The summed E-state index contributed by atoms with van der Waals surface area (Å²) in [6, 6.07) is 9.73. The van der Waals surface area contributed by atoms with E-state index in [1.165, 1.54) is 12.5 Å². The van der Waals surface area contributed by atoms with Crippen LogP contribution in [0.4, 0.5) is 0 Å². The highest BCUT2D eigenvalue weighted by Crippen LogP contribution is 2.08. The number of hydrogen-bond donors (Lipinski definition) is 1. The molecule has 1 saturated heterocycles. The lowest BCUT2D eigenvalue weighted by Crippen LogP contribution is -2.44. The molecular formula is C15H18N2OS. The Hall–Kier alpha value is -1.68. The fraction of sp³-hybridized carbons (Fsp3) is 0.333. The number of hydrogen-bond acceptors (Lipinski definition) is 2. The highest BCUT2D eigenvalue weighted by Gasteiger charge is 2.14. The molecule has 0 radical (unpaired) electrons. The zero-order valence-electron chi connectivity index (χ0n) is 10.8. The largest absolute Gasteiger partial charge is 0.349 e. The summed E-state index contributed by atoms with van der Waals surface area (Å²) >= 11 is 5.24. The zero-order chi connectivity index (χ0) is 13.5. The van der Waals surface area contributed by atoms with Crippen LogP contribution in [0.2, 0.25) is 0 Å². The molecule has 100 valence electrons. The zero-order valence-corrected chi connectivity index (χ0v) is 11.7. The number of likely N-dealkylation sites (tertiary alicyclic amines) is 1. The van der Waals surface area contributed by atoms with Crippen molar-refractivity contribution in [3.8, 4) is 0 Å². The highest BCUT2D eigenvalue weighted by molar-refractivity contribution is 7.80. The SMILES string of the molecule is O=C(C=Cc1ccccc1)NC(=S)N1CCCCC1. The van der Waals surface area contributed by atoms with Crippen LogP contribution in [0.5, 0.6) is 0 Å². The van der Waals surface area contributed by atoms with Crippen molar-refractivity contribution >= 4 is 29.3 Å². The molecule has 1 aromatic carbocycles. The van der Waals surface area contributed by atoms with Gasteiger partial charge in [0.2, 0.25) is 5.91 Å². The van der Waals surface area contributed by atoms with Gasteiger partial charge in [0.15, 0.2) is 5.11 Å². The van der Waals surface area contributed by atoms with Crippen LogP contribution in [-0.2, 0) is 4.79 Å². The van der Waals surface area contributed by atoms with Crippen LogP contribution in [0.3, 0.4) is 0 Å². The predicted octanol–water partition coefficient (Wildman–Crippen LogP) is 2.59. The summed E-state index contributed by atoms with van der Waals surface area (Å²) in [5.74, 6) is -0.167. The molecule has 0 saturated carbocycles. The number of thiocarbonyl (C=S) groups is 1. The van der Waals surface area contributed by atoms with Gasteiger partial charge in [-0.25, -0.2) is 0 Å². The Morgan fingerprint density at radius 3 is 2.53 bits per heavy atom. The predicted molar refractivity (Wildman–Crippen MR) is 81.6 cm³/mol. The lowest BCUT2D eigenvalue weighted by molar-refractivity contribution is -0.115. The second-order valence-corrected chi connectivity index (χ2v) is 4.97. The first-order chi connectivity index (χ1) is 9.25. The maximum Gasteiger partial charge on any atom is 0.250 e. The van der Waals surface area contributed by atoms with Gasteiger partial charge < -0.3 is 4.90 Å². The number of carbonyl (C=O) groups is 1. The topological polar surface area (TPSA) is 32.3 Å². The number of amides is 1. The summed E-state index contributed by atoms with van der Waals surface area (Å²) in [5, 5.41) is 3.30. The van der Waals surface area contributed by atoms with Gasteiger partial charge >= 0.3 is 0 Å². The molecule has 0 bridgehead atoms. The van der Waals surface area contributed by atoms with E-state index in [1.807, 2.05) is 30.3 Å². The molecule has 1 aliphatic heterocycles. The monoisotopic (exact) mass is 274 g/mol. The highest BCUT2D eigenvalue weighted by atomic mass is 32.1. The number of carbonyl (C=O) groups excluding carboxylic acids is 1. The Morgan fingerprint density at radius 1 is 1.16 bits per heavy atom. The van der Waals surface area contributed by atoms with Crippen molar-refractivity contribution in [3.05, 3.63) is 42.0 Å². The van der Waals surface area contributed by atoms with Crippen molar-refractivity contribution in [3.63, 3.8) is 0 Å². The molecule has 3 nitrogen and oxygen atoms in total. The van der Waals surface area contributed by atoms with Gasteiger partial charge in [0.25, 0.3) is 0 Å². The van der Waals surface area contributed by atoms with Crippen molar-refractivity contribution < 1.29 is 4.79 Å². The van der Waals surface area contributed by atoms with Crippen LogP contribution < -0.4 is 5.32 Å². The Labute approximate surface area is 119 Å². The van der Waals surface area contributed by atoms with Gasteiger partial charge in [-0.15, -0.1) is 0 Å². The van der Waals surface area contributed by atoms with Gasteiger partial charge in [-0.3, -0.25) is 10.1 Å². The van der Waals surface area contributed by atoms with Crippen LogP contribution in [0, 0.1) is 0 Å². The molecule has 19 heavy (non-hydrogen) atoms. The second-order valence-electron chi connectivity index (χ2n) is 4.59. The number of rotatable bonds is 2. The average Bonchev–Trinajstić information content (AvgIpc) is 2.47. The first-order valence-electron chi connectivity index (χ1n) is 6.59. The molecule has 2 rings (SSSR count). The first-order valence-corrected chi connectivity index (χ1v) is 6.99. The van der Waals surface area contributed by atoms with Crippen molar-refractivity contribution in [1.82, 2.24) is 10.2 Å². The van der Waals surface area contributed by atoms with Gasteiger partial charge in [-0.1, -0.05) is 30.3 Å². The molecule has 0 spiro atoms. The summed E-state index contributed by atoms with van der Waals surface area (Å²) in [6.07, 6.45) is 6.85. The lowest BCUT2D eigenvalue weighted by Gasteiger charge is -2.28. The molecular weight excluding hydrogens is 256 g/mol. The van der Waals surface area contributed by atoms with E-state index in [9.17, 15) is 4.79 Å².